The van der Waals surface area contributed by atoms with Crippen molar-refractivity contribution in [2.75, 3.05) is 12.0 Å². The molecule has 0 amide bonds. The lowest BCUT2D eigenvalue weighted by atomic mass is 10.4. The maximum absolute atomic E-state index is 10.6. The van der Waals surface area contributed by atoms with Gasteiger partial charge in [-0.2, -0.15) is 0 Å². The summed E-state index contributed by atoms with van der Waals surface area (Å²) in [7, 11) is -0.775. The molecule has 0 aromatic rings. The van der Waals surface area contributed by atoms with Crippen LogP contribution in [0, 0.1) is 0 Å². The molecular weight excluding hydrogens is 148 g/mol. The molecule has 60 valence electrons. The number of amidine groups is 1. The van der Waals surface area contributed by atoms with E-state index >= 15 is 0 Å². The van der Waals surface area contributed by atoms with Crippen LogP contribution in [0.1, 0.15) is 13.8 Å². The molecule has 2 unspecified atom stereocenters. The molecule has 0 aromatic carbocycles. The Morgan fingerprint density at radius 1 is 1.80 bits per heavy atom. The second-order valence-corrected chi connectivity index (χ2v) is 3.84. The molecule has 0 fully saturated rings. The Morgan fingerprint density at radius 2 is 2.30 bits per heavy atom. The lowest BCUT2D eigenvalue weighted by Crippen LogP contribution is -2.15. The Balaban J connectivity index is 3.75. The summed E-state index contributed by atoms with van der Waals surface area (Å²) in [6, 6.07) is 0.0795. The van der Waals surface area contributed by atoms with Gasteiger partial charge < -0.3 is 5.73 Å². The quantitative estimate of drug-likeness (QED) is 0.474. The Kier molecular flexibility index (Phi) is 4.27. The van der Waals surface area contributed by atoms with Crippen LogP contribution in [0.25, 0.3) is 0 Å². The predicted molar refractivity (Wildman–Crippen MR) is 45.7 cm³/mol. The van der Waals surface area contributed by atoms with Crippen molar-refractivity contribution in [3.63, 3.8) is 0 Å². The average Bonchev–Trinajstić information content (AvgIpc) is 1.58. The molecule has 0 aromatic heterocycles. The molecule has 10 heavy (non-hydrogen) atoms. The largest absolute Gasteiger partial charge is 0.388 e. The van der Waals surface area contributed by atoms with Crippen LogP contribution in [0.4, 0.5) is 0 Å². The van der Waals surface area contributed by atoms with Crippen LogP contribution in [0.15, 0.2) is 4.99 Å². The molecule has 0 aliphatic rings. The maximum atomic E-state index is 10.6. The van der Waals surface area contributed by atoms with E-state index in [4.69, 9.17) is 5.73 Å². The van der Waals surface area contributed by atoms with Crippen molar-refractivity contribution in [2.24, 2.45) is 10.7 Å². The fourth-order valence-electron chi connectivity index (χ4n) is 0.725. The second kappa shape index (κ2) is 4.44. The highest BCUT2D eigenvalue weighted by atomic mass is 32.2. The summed E-state index contributed by atoms with van der Waals surface area (Å²) in [6.45, 7) is 3.63. The second-order valence-electron chi connectivity index (χ2n) is 2.36. The summed E-state index contributed by atoms with van der Waals surface area (Å²) in [4.78, 5) is 4.02. The van der Waals surface area contributed by atoms with Gasteiger partial charge in [0.25, 0.3) is 0 Å². The zero-order valence-electron chi connectivity index (χ0n) is 6.63. The van der Waals surface area contributed by atoms with E-state index in [1.54, 1.807) is 13.2 Å². The molecule has 0 radical (unpaired) electrons. The van der Waals surface area contributed by atoms with Gasteiger partial charge in [0.05, 0.1) is 11.9 Å². The monoisotopic (exact) mass is 162 g/mol. The molecule has 4 heteroatoms. The summed E-state index contributed by atoms with van der Waals surface area (Å²) < 4.78 is 10.6. The van der Waals surface area contributed by atoms with Crippen molar-refractivity contribution in [3.05, 3.63) is 0 Å². The minimum atomic E-state index is -0.775. The summed E-state index contributed by atoms with van der Waals surface area (Å²) in [5.41, 5.74) is 5.32. The zero-order chi connectivity index (χ0) is 8.15. The van der Waals surface area contributed by atoms with E-state index in [1.165, 1.54) is 0 Å². The Morgan fingerprint density at radius 3 is 2.60 bits per heavy atom. The van der Waals surface area contributed by atoms with E-state index in [9.17, 15) is 4.21 Å². The molecule has 0 heterocycles. The van der Waals surface area contributed by atoms with E-state index in [1.807, 2.05) is 6.92 Å². The highest BCUT2D eigenvalue weighted by Gasteiger charge is 2.00. The SMILES string of the molecule is CC(N)=NC(C)CS(C)=O. The molecule has 3 nitrogen and oxygen atoms in total. The minimum Gasteiger partial charge on any atom is -0.388 e. The van der Waals surface area contributed by atoms with Gasteiger partial charge in [0.1, 0.15) is 0 Å². The molecular formula is C6H14N2OS. The number of nitrogens with zero attached hydrogens (tertiary/aromatic N) is 1. The van der Waals surface area contributed by atoms with Gasteiger partial charge in [-0.15, -0.1) is 0 Å². The standard InChI is InChI=1S/C6H14N2OS/c1-5(4-10(3)9)8-6(2)7/h5H,4H2,1-3H3,(H2,7,8). The fraction of sp³-hybridized carbons (Fsp3) is 0.833. The van der Waals surface area contributed by atoms with Crippen molar-refractivity contribution in [3.8, 4) is 0 Å². The van der Waals surface area contributed by atoms with E-state index in [-0.39, 0.29) is 6.04 Å². The Labute approximate surface area is 64.2 Å². The van der Waals surface area contributed by atoms with Gasteiger partial charge in [0.15, 0.2) is 0 Å². The van der Waals surface area contributed by atoms with Crippen LogP contribution < -0.4 is 5.73 Å². The van der Waals surface area contributed by atoms with Crippen molar-refractivity contribution in [1.82, 2.24) is 0 Å². The van der Waals surface area contributed by atoms with Crippen molar-refractivity contribution in [2.45, 2.75) is 19.9 Å². The van der Waals surface area contributed by atoms with Gasteiger partial charge in [0.2, 0.25) is 0 Å². The third-order valence-corrected chi connectivity index (χ3v) is 1.85. The number of hydrogen-bond acceptors (Lipinski definition) is 2. The Bertz CT molecular complexity index is 152. The molecule has 0 saturated heterocycles. The molecule has 0 rings (SSSR count). The van der Waals surface area contributed by atoms with Gasteiger partial charge in [-0.05, 0) is 13.8 Å². The molecule has 0 spiro atoms. The molecule has 2 atom stereocenters. The molecule has 0 saturated carbocycles. The van der Waals surface area contributed by atoms with Crippen LogP contribution in [0.3, 0.4) is 0 Å². The predicted octanol–water partition coefficient (Wildman–Crippen LogP) is 0.130. The average molecular weight is 162 g/mol. The summed E-state index contributed by atoms with van der Waals surface area (Å²) in [5.74, 6) is 1.15. The first-order valence-corrected chi connectivity index (χ1v) is 4.85. The smallest absolute Gasteiger partial charge is 0.0909 e. The van der Waals surface area contributed by atoms with Crippen LogP contribution >= 0.6 is 0 Å². The van der Waals surface area contributed by atoms with E-state index in [2.05, 4.69) is 4.99 Å². The number of hydrogen-bond donors (Lipinski definition) is 1. The summed E-state index contributed by atoms with van der Waals surface area (Å²) in [6.07, 6.45) is 1.66. The summed E-state index contributed by atoms with van der Waals surface area (Å²) >= 11 is 0. The first kappa shape index (κ1) is 9.62. The maximum Gasteiger partial charge on any atom is 0.0909 e. The third-order valence-electron chi connectivity index (χ3n) is 0.900. The number of aliphatic imine (C=N–C) groups is 1. The lowest BCUT2D eigenvalue weighted by molar-refractivity contribution is 0.680. The molecule has 0 aliphatic carbocycles. The van der Waals surface area contributed by atoms with Gasteiger partial charge in [-0.25, -0.2) is 0 Å². The normalized spacial score (nSPS) is 18.5. The highest BCUT2D eigenvalue weighted by Crippen LogP contribution is 1.91. The highest BCUT2D eigenvalue weighted by molar-refractivity contribution is 7.84. The van der Waals surface area contributed by atoms with E-state index < -0.39 is 10.8 Å². The van der Waals surface area contributed by atoms with Gasteiger partial charge in [0, 0.05) is 22.8 Å². The van der Waals surface area contributed by atoms with Crippen molar-refractivity contribution >= 4 is 16.6 Å². The lowest BCUT2D eigenvalue weighted by Gasteiger charge is -2.02. The number of nitrogens with two attached hydrogens (primary N) is 1. The third kappa shape index (κ3) is 5.75. The topological polar surface area (TPSA) is 55.4 Å². The fourth-order valence-corrected chi connectivity index (χ4v) is 1.48. The van der Waals surface area contributed by atoms with Crippen molar-refractivity contribution in [1.29, 1.82) is 0 Å². The van der Waals surface area contributed by atoms with Crippen LogP contribution in [0.5, 0.6) is 0 Å². The Hall–Kier alpha value is -0.380. The van der Waals surface area contributed by atoms with E-state index in [0.29, 0.717) is 11.6 Å². The van der Waals surface area contributed by atoms with Crippen LogP contribution in [-0.4, -0.2) is 28.1 Å². The first-order valence-electron chi connectivity index (χ1n) is 3.12. The molecule has 2 N–H and O–H groups in total. The van der Waals surface area contributed by atoms with Gasteiger partial charge in [-0.1, -0.05) is 0 Å². The minimum absolute atomic E-state index is 0.0795. The molecule has 0 aliphatic heterocycles. The van der Waals surface area contributed by atoms with Gasteiger partial charge in [-0.3, -0.25) is 9.20 Å². The van der Waals surface area contributed by atoms with Crippen molar-refractivity contribution < 1.29 is 4.21 Å². The first-order chi connectivity index (χ1) is 4.52. The zero-order valence-corrected chi connectivity index (χ0v) is 7.44. The molecule has 0 bridgehead atoms. The van der Waals surface area contributed by atoms with E-state index in [0.717, 1.165) is 0 Å². The van der Waals surface area contributed by atoms with Crippen LogP contribution in [-0.2, 0) is 10.8 Å². The summed E-state index contributed by atoms with van der Waals surface area (Å²) in [5, 5.41) is 0. The van der Waals surface area contributed by atoms with Crippen LogP contribution in [0.2, 0.25) is 0 Å². The van der Waals surface area contributed by atoms with Gasteiger partial charge >= 0.3 is 0 Å². The number of rotatable bonds is 3.